The van der Waals surface area contributed by atoms with Gasteiger partial charge in [0.05, 0.1) is 0 Å². The highest BCUT2D eigenvalue weighted by Crippen LogP contribution is 2.36. The highest BCUT2D eigenvalue weighted by atomic mass is 15.1. The first-order valence-electron chi connectivity index (χ1n) is 7.79. The summed E-state index contributed by atoms with van der Waals surface area (Å²) in [4.78, 5) is 2.70. The van der Waals surface area contributed by atoms with Crippen LogP contribution in [0.4, 0.5) is 0 Å². The SMILES string of the molecule is CCC1CN(CC2Cc3ccccc32)CCC1NC. The lowest BCUT2D eigenvalue weighted by atomic mass is 9.77. The molecule has 3 rings (SSSR count). The average Bonchev–Trinajstić information content (AvgIpc) is 2.44. The summed E-state index contributed by atoms with van der Waals surface area (Å²) in [7, 11) is 2.12. The number of hydrogen-bond donors (Lipinski definition) is 1. The monoisotopic (exact) mass is 258 g/mol. The Kier molecular flexibility index (Phi) is 3.90. The van der Waals surface area contributed by atoms with Gasteiger partial charge in [-0.05, 0) is 43.5 Å². The number of likely N-dealkylation sites (tertiary alicyclic amines) is 1. The maximum absolute atomic E-state index is 3.50. The number of piperidine rings is 1. The maximum Gasteiger partial charge on any atom is 0.0117 e. The van der Waals surface area contributed by atoms with Gasteiger partial charge in [-0.1, -0.05) is 37.6 Å². The zero-order valence-corrected chi connectivity index (χ0v) is 12.2. The van der Waals surface area contributed by atoms with E-state index in [9.17, 15) is 0 Å². The number of nitrogens with one attached hydrogen (secondary N) is 1. The smallest absolute Gasteiger partial charge is 0.0117 e. The van der Waals surface area contributed by atoms with Crippen molar-refractivity contribution in [1.29, 1.82) is 0 Å². The van der Waals surface area contributed by atoms with Gasteiger partial charge in [0.1, 0.15) is 0 Å². The van der Waals surface area contributed by atoms with Gasteiger partial charge in [0.15, 0.2) is 0 Å². The Labute approximate surface area is 117 Å². The summed E-state index contributed by atoms with van der Waals surface area (Å²) in [6.07, 6.45) is 3.89. The van der Waals surface area contributed by atoms with E-state index in [1.165, 1.54) is 38.9 Å². The van der Waals surface area contributed by atoms with Crippen molar-refractivity contribution in [2.75, 3.05) is 26.7 Å². The lowest BCUT2D eigenvalue weighted by Crippen LogP contribution is -2.49. The zero-order chi connectivity index (χ0) is 13.2. The van der Waals surface area contributed by atoms with E-state index < -0.39 is 0 Å². The topological polar surface area (TPSA) is 15.3 Å². The van der Waals surface area contributed by atoms with E-state index in [2.05, 4.69) is 48.5 Å². The molecule has 3 unspecified atom stereocenters. The van der Waals surface area contributed by atoms with Crippen LogP contribution in [0, 0.1) is 5.92 Å². The highest BCUT2D eigenvalue weighted by molar-refractivity contribution is 5.40. The van der Waals surface area contributed by atoms with Crippen molar-refractivity contribution >= 4 is 0 Å². The second-order valence-corrected chi connectivity index (χ2v) is 6.21. The van der Waals surface area contributed by atoms with Crippen molar-refractivity contribution in [2.45, 2.75) is 38.1 Å². The first-order chi connectivity index (χ1) is 9.31. The molecular formula is C17H26N2. The van der Waals surface area contributed by atoms with Crippen molar-refractivity contribution in [3.8, 4) is 0 Å². The molecule has 0 radical (unpaired) electrons. The minimum absolute atomic E-state index is 0.731. The molecule has 3 atom stereocenters. The Morgan fingerprint density at radius 3 is 2.89 bits per heavy atom. The summed E-state index contributed by atoms with van der Waals surface area (Å²) in [5.41, 5.74) is 3.18. The van der Waals surface area contributed by atoms with E-state index in [-0.39, 0.29) is 0 Å². The molecule has 1 fully saturated rings. The van der Waals surface area contributed by atoms with Crippen LogP contribution in [-0.4, -0.2) is 37.6 Å². The molecule has 1 aliphatic heterocycles. The van der Waals surface area contributed by atoms with Crippen LogP contribution < -0.4 is 5.32 Å². The Bertz CT molecular complexity index is 429. The third-order valence-electron chi connectivity index (χ3n) is 5.15. The number of fused-ring (bicyclic) bond motifs is 1. The molecule has 1 aromatic rings. The van der Waals surface area contributed by atoms with Crippen LogP contribution in [0.25, 0.3) is 0 Å². The molecule has 1 heterocycles. The Hall–Kier alpha value is -0.860. The molecule has 0 spiro atoms. The predicted octanol–water partition coefficient (Wildman–Crippen LogP) is 2.65. The molecular weight excluding hydrogens is 232 g/mol. The highest BCUT2D eigenvalue weighted by Gasteiger charge is 2.31. The van der Waals surface area contributed by atoms with E-state index in [4.69, 9.17) is 0 Å². The van der Waals surface area contributed by atoms with Crippen LogP contribution in [0.15, 0.2) is 24.3 Å². The lowest BCUT2D eigenvalue weighted by molar-refractivity contribution is 0.129. The van der Waals surface area contributed by atoms with Crippen LogP contribution in [0.1, 0.15) is 36.8 Å². The van der Waals surface area contributed by atoms with Crippen LogP contribution in [0.2, 0.25) is 0 Å². The summed E-state index contributed by atoms with van der Waals surface area (Å²) in [6, 6.07) is 9.69. The van der Waals surface area contributed by atoms with E-state index in [0.29, 0.717) is 0 Å². The second-order valence-electron chi connectivity index (χ2n) is 6.21. The summed E-state index contributed by atoms with van der Waals surface area (Å²) < 4.78 is 0. The fraction of sp³-hybridized carbons (Fsp3) is 0.647. The van der Waals surface area contributed by atoms with E-state index in [1.54, 1.807) is 11.1 Å². The molecule has 1 saturated heterocycles. The first kappa shape index (κ1) is 13.1. The van der Waals surface area contributed by atoms with Gasteiger partial charge >= 0.3 is 0 Å². The van der Waals surface area contributed by atoms with Gasteiger partial charge in [-0.3, -0.25) is 0 Å². The molecule has 1 aromatic carbocycles. The van der Waals surface area contributed by atoms with Crippen molar-refractivity contribution in [3.05, 3.63) is 35.4 Å². The third-order valence-corrected chi connectivity index (χ3v) is 5.15. The largest absolute Gasteiger partial charge is 0.317 e. The van der Waals surface area contributed by atoms with Crippen LogP contribution in [0.5, 0.6) is 0 Å². The summed E-state index contributed by atoms with van der Waals surface area (Å²) in [5.74, 6) is 1.62. The molecule has 19 heavy (non-hydrogen) atoms. The van der Waals surface area contributed by atoms with Crippen molar-refractivity contribution in [1.82, 2.24) is 10.2 Å². The van der Waals surface area contributed by atoms with Crippen molar-refractivity contribution in [2.24, 2.45) is 5.92 Å². The molecule has 0 aromatic heterocycles. The number of rotatable bonds is 4. The molecule has 2 nitrogen and oxygen atoms in total. The third kappa shape index (κ3) is 2.56. The fourth-order valence-electron chi connectivity index (χ4n) is 3.90. The summed E-state index contributed by atoms with van der Waals surface area (Å²) >= 11 is 0. The Morgan fingerprint density at radius 1 is 1.32 bits per heavy atom. The standard InChI is InChI=1S/C17H26N2/c1-3-13-11-19(9-8-17(13)18-2)12-15-10-14-6-4-5-7-16(14)15/h4-7,13,15,17-18H,3,8-12H2,1-2H3. The average molecular weight is 258 g/mol. The number of benzene rings is 1. The van der Waals surface area contributed by atoms with Gasteiger partial charge in [-0.25, -0.2) is 0 Å². The van der Waals surface area contributed by atoms with Gasteiger partial charge in [0.25, 0.3) is 0 Å². The minimum Gasteiger partial charge on any atom is -0.317 e. The van der Waals surface area contributed by atoms with Gasteiger partial charge in [-0.2, -0.15) is 0 Å². The Morgan fingerprint density at radius 2 is 2.16 bits per heavy atom. The molecule has 2 aliphatic rings. The van der Waals surface area contributed by atoms with E-state index in [0.717, 1.165) is 17.9 Å². The number of nitrogens with zero attached hydrogens (tertiary/aromatic N) is 1. The van der Waals surface area contributed by atoms with Crippen LogP contribution in [0.3, 0.4) is 0 Å². The van der Waals surface area contributed by atoms with Crippen LogP contribution >= 0.6 is 0 Å². The van der Waals surface area contributed by atoms with E-state index in [1.807, 2.05) is 0 Å². The van der Waals surface area contributed by atoms with Crippen molar-refractivity contribution in [3.63, 3.8) is 0 Å². The predicted molar refractivity (Wildman–Crippen MR) is 80.6 cm³/mol. The molecule has 0 saturated carbocycles. The molecule has 104 valence electrons. The van der Waals surface area contributed by atoms with Crippen molar-refractivity contribution < 1.29 is 0 Å². The normalized spacial score (nSPS) is 30.7. The minimum atomic E-state index is 0.731. The molecule has 0 amide bonds. The maximum atomic E-state index is 3.50. The molecule has 2 heteroatoms. The molecule has 1 N–H and O–H groups in total. The molecule has 0 bridgehead atoms. The summed E-state index contributed by atoms with van der Waals surface area (Å²) in [6.45, 7) is 6.14. The molecule has 1 aliphatic carbocycles. The lowest BCUT2D eigenvalue weighted by Gasteiger charge is -2.41. The van der Waals surface area contributed by atoms with E-state index >= 15 is 0 Å². The second kappa shape index (κ2) is 5.64. The van der Waals surface area contributed by atoms with Crippen LogP contribution in [-0.2, 0) is 6.42 Å². The van der Waals surface area contributed by atoms with Gasteiger partial charge in [0, 0.05) is 25.0 Å². The number of hydrogen-bond acceptors (Lipinski definition) is 2. The fourth-order valence-corrected chi connectivity index (χ4v) is 3.90. The summed E-state index contributed by atoms with van der Waals surface area (Å²) in [5, 5.41) is 3.50. The van der Waals surface area contributed by atoms with Gasteiger partial charge in [0.2, 0.25) is 0 Å². The Balaban J connectivity index is 1.58. The van der Waals surface area contributed by atoms with Gasteiger partial charge < -0.3 is 10.2 Å². The van der Waals surface area contributed by atoms with Gasteiger partial charge in [-0.15, -0.1) is 0 Å². The zero-order valence-electron chi connectivity index (χ0n) is 12.2. The quantitative estimate of drug-likeness (QED) is 0.893. The first-order valence-corrected chi connectivity index (χ1v) is 7.79.